The highest BCUT2D eigenvalue weighted by Gasteiger charge is 2.10. The Kier molecular flexibility index (Phi) is 3.20. The molecule has 0 saturated heterocycles. The molecule has 0 amide bonds. The zero-order chi connectivity index (χ0) is 14.1. The highest BCUT2D eigenvalue weighted by atomic mass is 19.1. The Morgan fingerprint density at radius 3 is 2.60 bits per heavy atom. The predicted octanol–water partition coefficient (Wildman–Crippen LogP) is 3.17. The summed E-state index contributed by atoms with van der Waals surface area (Å²) >= 11 is 0. The van der Waals surface area contributed by atoms with Crippen LogP contribution in [-0.2, 0) is 0 Å². The second kappa shape index (κ2) is 5.02. The maximum atomic E-state index is 12.9. The van der Waals surface area contributed by atoms with E-state index in [0.29, 0.717) is 5.56 Å². The zero-order valence-electron chi connectivity index (χ0n) is 10.5. The van der Waals surface area contributed by atoms with Crippen LogP contribution in [0, 0.1) is 5.82 Å². The molecular weight excluding hydrogens is 262 g/mol. The highest BCUT2D eigenvalue weighted by molar-refractivity contribution is 5.81. The molecule has 102 valence electrons. The summed E-state index contributed by atoms with van der Waals surface area (Å²) in [6.45, 7) is -0.822. The van der Waals surface area contributed by atoms with Crippen LogP contribution in [0.15, 0.2) is 48.7 Å². The standard InChI is InChI=1S/C15H12F2N2O/c16-8-15(20)10-1-6-14-11(7-10)9-18-19(14)13-4-2-12(17)3-5-13/h1-7,9,15,20H,8H2. The van der Waals surface area contributed by atoms with Gasteiger partial charge in [0.05, 0.1) is 17.4 Å². The Morgan fingerprint density at radius 2 is 1.90 bits per heavy atom. The molecule has 20 heavy (non-hydrogen) atoms. The lowest BCUT2D eigenvalue weighted by molar-refractivity contribution is 0.142. The molecule has 1 heterocycles. The van der Waals surface area contributed by atoms with E-state index in [0.717, 1.165) is 16.6 Å². The number of nitrogens with zero attached hydrogens (tertiary/aromatic N) is 2. The third-order valence-corrected chi connectivity index (χ3v) is 3.19. The third kappa shape index (κ3) is 2.16. The van der Waals surface area contributed by atoms with Crippen LogP contribution in [0.25, 0.3) is 16.6 Å². The molecule has 0 spiro atoms. The van der Waals surface area contributed by atoms with Gasteiger partial charge in [0, 0.05) is 5.39 Å². The summed E-state index contributed by atoms with van der Waals surface area (Å²) in [7, 11) is 0. The van der Waals surface area contributed by atoms with Gasteiger partial charge in [-0.15, -0.1) is 0 Å². The largest absolute Gasteiger partial charge is 0.386 e. The van der Waals surface area contributed by atoms with Crippen molar-refractivity contribution >= 4 is 10.9 Å². The fourth-order valence-electron chi connectivity index (χ4n) is 2.14. The van der Waals surface area contributed by atoms with Crippen molar-refractivity contribution in [1.82, 2.24) is 9.78 Å². The number of aromatic nitrogens is 2. The molecule has 0 fully saturated rings. The van der Waals surface area contributed by atoms with Crippen LogP contribution < -0.4 is 0 Å². The second-order valence-electron chi connectivity index (χ2n) is 4.52. The molecule has 0 saturated carbocycles. The quantitative estimate of drug-likeness (QED) is 0.796. The van der Waals surface area contributed by atoms with E-state index in [2.05, 4.69) is 5.10 Å². The van der Waals surface area contributed by atoms with Crippen LogP contribution in [0.4, 0.5) is 8.78 Å². The minimum Gasteiger partial charge on any atom is -0.386 e. The molecular formula is C15H12F2N2O. The van der Waals surface area contributed by atoms with Gasteiger partial charge >= 0.3 is 0 Å². The first-order chi connectivity index (χ1) is 9.69. The molecule has 0 aliphatic carbocycles. The number of hydrogen-bond donors (Lipinski definition) is 1. The van der Waals surface area contributed by atoms with E-state index < -0.39 is 12.8 Å². The Bertz CT molecular complexity index is 737. The van der Waals surface area contributed by atoms with Gasteiger partial charge in [0.2, 0.25) is 0 Å². The number of benzene rings is 2. The van der Waals surface area contributed by atoms with Crippen molar-refractivity contribution in [3.05, 3.63) is 60.0 Å². The molecule has 3 nitrogen and oxygen atoms in total. The van der Waals surface area contributed by atoms with Crippen molar-refractivity contribution in [3.8, 4) is 5.69 Å². The molecule has 0 radical (unpaired) electrons. The summed E-state index contributed by atoms with van der Waals surface area (Å²) in [6.07, 6.45) is 0.515. The van der Waals surface area contributed by atoms with Gasteiger partial charge in [-0.1, -0.05) is 6.07 Å². The van der Waals surface area contributed by atoms with Crippen molar-refractivity contribution in [1.29, 1.82) is 0 Å². The van der Waals surface area contributed by atoms with Gasteiger partial charge in [-0.25, -0.2) is 13.5 Å². The average Bonchev–Trinajstić information content (AvgIpc) is 2.90. The Balaban J connectivity index is 2.08. The lowest BCUT2D eigenvalue weighted by atomic mass is 10.1. The maximum Gasteiger partial charge on any atom is 0.123 e. The SMILES string of the molecule is OC(CF)c1ccc2c(cnn2-c2ccc(F)cc2)c1. The van der Waals surface area contributed by atoms with Crippen molar-refractivity contribution in [3.63, 3.8) is 0 Å². The van der Waals surface area contributed by atoms with Gasteiger partial charge < -0.3 is 5.11 Å². The number of alkyl halides is 1. The molecule has 3 aromatic rings. The van der Waals surface area contributed by atoms with Crippen molar-refractivity contribution < 1.29 is 13.9 Å². The molecule has 5 heteroatoms. The summed E-state index contributed by atoms with van der Waals surface area (Å²) in [5.41, 5.74) is 2.06. The minimum absolute atomic E-state index is 0.307. The minimum atomic E-state index is -1.12. The van der Waals surface area contributed by atoms with Crippen molar-refractivity contribution in [2.45, 2.75) is 6.10 Å². The van der Waals surface area contributed by atoms with Crippen molar-refractivity contribution in [2.75, 3.05) is 6.67 Å². The zero-order valence-corrected chi connectivity index (χ0v) is 10.5. The monoisotopic (exact) mass is 274 g/mol. The summed E-state index contributed by atoms with van der Waals surface area (Å²) < 4.78 is 27.1. The van der Waals surface area contributed by atoms with Gasteiger partial charge in [0.1, 0.15) is 18.6 Å². The van der Waals surface area contributed by atoms with Gasteiger partial charge in [0.15, 0.2) is 0 Å². The molecule has 1 atom stereocenters. The van der Waals surface area contributed by atoms with E-state index in [-0.39, 0.29) is 5.82 Å². The Labute approximate surface area is 114 Å². The fraction of sp³-hybridized carbons (Fsp3) is 0.133. The molecule has 2 aromatic carbocycles. The first kappa shape index (κ1) is 12.7. The van der Waals surface area contributed by atoms with Crippen LogP contribution in [0.2, 0.25) is 0 Å². The number of aliphatic hydroxyl groups is 1. The molecule has 0 aliphatic rings. The van der Waals surface area contributed by atoms with Crippen LogP contribution in [0.1, 0.15) is 11.7 Å². The number of fused-ring (bicyclic) bond motifs is 1. The van der Waals surface area contributed by atoms with E-state index in [1.165, 1.54) is 12.1 Å². The number of halogens is 2. The smallest absolute Gasteiger partial charge is 0.123 e. The van der Waals surface area contributed by atoms with E-state index in [9.17, 15) is 13.9 Å². The second-order valence-corrected chi connectivity index (χ2v) is 4.52. The van der Waals surface area contributed by atoms with Gasteiger partial charge in [-0.3, -0.25) is 0 Å². The summed E-state index contributed by atoms with van der Waals surface area (Å²) in [6, 6.07) is 11.1. The van der Waals surface area contributed by atoms with Gasteiger partial charge in [-0.05, 0) is 42.0 Å². The van der Waals surface area contributed by atoms with E-state index in [1.54, 1.807) is 41.2 Å². The fourth-order valence-corrected chi connectivity index (χ4v) is 2.14. The summed E-state index contributed by atoms with van der Waals surface area (Å²) in [5, 5.41) is 14.5. The van der Waals surface area contributed by atoms with Crippen LogP contribution in [-0.4, -0.2) is 21.6 Å². The van der Waals surface area contributed by atoms with E-state index in [4.69, 9.17) is 0 Å². The molecule has 0 aliphatic heterocycles. The maximum absolute atomic E-state index is 12.9. The first-order valence-electron chi connectivity index (χ1n) is 6.16. The number of aliphatic hydroxyl groups excluding tert-OH is 1. The molecule has 3 rings (SSSR count). The van der Waals surface area contributed by atoms with E-state index in [1.807, 2.05) is 0 Å². The Hall–Kier alpha value is -2.27. The Morgan fingerprint density at radius 1 is 1.15 bits per heavy atom. The van der Waals surface area contributed by atoms with Crippen LogP contribution in [0.3, 0.4) is 0 Å². The van der Waals surface area contributed by atoms with Crippen LogP contribution >= 0.6 is 0 Å². The van der Waals surface area contributed by atoms with Gasteiger partial charge in [0.25, 0.3) is 0 Å². The lowest BCUT2D eigenvalue weighted by Crippen LogP contribution is -1.99. The van der Waals surface area contributed by atoms with Crippen molar-refractivity contribution in [2.24, 2.45) is 0 Å². The highest BCUT2D eigenvalue weighted by Crippen LogP contribution is 2.23. The normalized spacial score (nSPS) is 12.8. The van der Waals surface area contributed by atoms with E-state index >= 15 is 0 Å². The van der Waals surface area contributed by atoms with Crippen LogP contribution in [0.5, 0.6) is 0 Å². The molecule has 1 aromatic heterocycles. The lowest BCUT2D eigenvalue weighted by Gasteiger charge is -2.07. The average molecular weight is 274 g/mol. The third-order valence-electron chi connectivity index (χ3n) is 3.19. The first-order valence-corrected chi connectivity index (χ1v) is 6.16. The molecule has 1 unspecified atom stereocenters. The van der Waals surface area contributed by atoms with Gasteiger partial charge in [-0.2, -0.15) is 5.10 Å². The summed E-state index contributed by atoms with van der Waals surface area (Å²) in [5.74, 6) is -0.307. The predicted molar refractivity (Wildman–Crippen MR) is 72.0 cm³/mol. The number of hydrogen-bond acceptors (Lipinski definition) is 2. The number of rotatable bonds is 3. The topological polar surface area (TPSA) is 38.1 Å². The summed E-state index contributed by atoms with van der Waals surface area (Å²) in [4.78, 5) is 0. The molecule has 0 bridgehead atoms. The molecule has 1 N–H and O–H groups in total.